The van der Waals surface area contributed by atoms with E-state index < -0.39 is 83.3 Å². The van der Waals surface area contributed by atoms with Crippen LogP contribution < -0.4 is 133 Å². The molecule has 0 saturated heterocycles. The fourth-order valence-corrected chi connectivity index (χ4v) is 8.69. The third kappa shape index (κ3) is 15.1. The van der Waals surface area contributed by atoms with Crippen LogP contribution in [0.1, 0.15) is 0 Å². The fraction of sp³-hybridized carbons (Fsp3) is 0.0588. The van der Waals surface area contributed by atoms with E-state index in [0.717, 1.165) is 36.6 Å². The van der Waals surface area contributed by atoms with E-state index in [-0.39, 0.29) is 186 Å². The summed E-state index contributed by atoms with van der Waals surface area (Å²) in [6.07, 6.45) is 0.884. The van der Waals surface area contributed by atoms with Crippen LogP contribution in [0.3, 0.4) is 0 Å². The van der Waals surface area contributed by atoms with Crippen LogP contribution in [0.2, 0.25) is 0 Å². The Bertz CT molecular complexity index is 3410. The molecule has 3 N–H and O–H groups in total. The number of methoxy groups -OCH3 is 1. The molecule has 0 radical (unpaired) electrons. The SMILES string of the molecule is COc1cc(N=Nc2ccc3c(S(=O)(=O)[O-])cc(S(=O)(=O)[O-])cc3c2)ccc1N=Nc1c(S(=O)(=O)[O-])cc2cc(SOO[O-])c(N=Nc3ccccc3NS(C)(=O)=O)c(O)c2c1O.[Na+].[Na+].[Na+].[Na+]. The van der Waals surface area contributed by atoms with Crippen LogP contribution >= 0.6 is 12.0 Å². The van der Waals surface area contributed by atoms with Crippen molar-refractivity contribution in [1.82, 2.24) is 0 Å². The first-order valence-corrected chi connectivity index (χ1v) is 23.5. The number of aromatic hydroxyl groups is 2. The number of azo groups is 3. The van der Waals surface area contributed by atoms with Gasteiger partial charge in [0.2, 0.25) is 10.0 Å². The second kappa shape index (κ2) is 24.7. The summed E-state index contributed by atoms with van der Waals surface area (Å²) in [6, 6.07) is 16.1. The predicted molar refractivity (Wildman–Crippen MR) is 214 cm³/mol. The van der Waals surface area contributed by atoms with Crippen LogP contribution in [0, 0.1) is 0 Å². The number of rotatable bonds is 15. The van der Waals surface area contributed by atoms with Crippen molar-refractivity contribution in [3.8, 4) is 17.2 Å². The Hall–Kier alpha value is -2.25. The molecule has 67 heavy (non-hydrogen) atoms. The summed E-state index contributed by atoms with van der Waals surface area (Å²) in [5.41, 5.74) is -1.63. The minimum atomic E-state index is -5.47. The first-order chi connectivity index (χ1) is 29.5. The van der Waals surface area contributed by atoms with E-state index in [9.17, 15) is 62.8 Å². The van der Waals surface area contributed by atoms with Crippen LogP contribution in [0.5, 0.6) is 17.2 Å². The molecule has 33 heteroatoms. The van der Waals surface area contributed by atoms with Crippen molar-refractivity contribution >= 4 is 114 Å². The van der Waals surface area contributed by atoms with Crippen LogP contribution in [0.15, 0.2) is 135 Å². The summed E-state index contributed by atoms with van der Waals surface area (Å²) >= 11 is 0.166. The molecule has 0 spiro atoms. The number of para-hydroxylation sites is 1. The van der Waals surface area contributed by atoms with Gasteiger partial charge in [-0.15, -0.1) is 20.5 Å². The topological polar surface area (TPSA) is 383 Å². The number of anilines is 1. The number of fused-ring (bicyclic) bond motifs is 2. The number of phenolic OH excluding ortho intramolecular Hbond substituents is 2. The third-order valence-electron chi connectivity index (χ3n) is 8.26. The summed E-state index contributed by atoms with van der Waals surface area (Å²) in [7, 11) is -18.4. The standard InChI is InChI=1S/C34H27N7O17S5.4Na/c1-56-26-15-20(36-35-19-7-9-22-17(11-19)12-21(61(47,48)49)16-28(22)62(50,51)52)8-10-25(26)38-40-32-29(63(53,54)55)14-18-13-27(59-58-57-44)31(33(42)30(18)34(32)43)39-37-23-5-3-4-6-24(23)41-60(2,45)46;;;;/h3-16,41-44H,1-2H3,(H,47,48,49)(H,50,51,52)(H,53,54,55);;;;/q;4*+1/p-4. The number of hydrogen-bond donors (Lipinski definition) is 3. The molecule has 0 atom stereocenters. The number of nitrogens with one attached hydrogen (secondary N) is 1. The summed E-state index contributed by atoms with van der Waals surface area (Å²) in [5.74, 6) is -2.11. The molecule has 0 heterocycles. The van der Waals surface area contributed by atoms with Gasteiger partial charge in [-0.1, -0.05) is 18.2 Å². The van der Waals surface area contributed by atoms with Crippen LogP contribution in [-0.4, -0.2) is 70.9 Å². The number of hydrogen-bond acceptors (Lipinski definition) is 24. The van der Waals surface area contributed by atoms with Crippen LogP contribution in [-0.2, 0) is 49.7 Å². The summed E-state index contributed by atoms with van der Waals surface area (Å²) in [6.45, 7) is 0. The molecular formula is C34H23N7Na4O17S5. The molecular weight excluding hydrogens is 1030 g/mol. The van der Waals surface area contributed by atoms with Crippen molar-refractivity contribution in [1.29, 1.82) is 0 Å². The maximum absolute atomic E-state index is 12.5. The first kappa shape index (κ1) is 60.9. The maximum atomic E-state index is 12.5. The van der Waals surface area contributed by atoms with E-state index in [1.165, 1.54) is 55.6 Å². The largest absolute Gasteiger partial charge is 1.00 e. The summed E-state index contributed by atoms with van der Waals surface area (Å²) < 4.78 is 143. The van der Waals surface area contributed by atoms with E-state index in [1.54, 1.807) is 0 Å². The predicted octanol–water partition coefficient (Wildman–Crippen LogP) is -6.01. The molecule has 6 aromatic rings. The number of nitrogens with zero attached hydrogens (tertiary/aromatic N) is 6. The molecule has 0 aliphatic carbocycles. The van der Waals surface area contributed by atoms with Crippen molar-refractivity contribution in [2.75, 3.05) is 18.1 Å². The van der Waals surface area contributed by atoms with Gasteiger partial charge < -0.3 is 33.9 Å². The number of benzene rings is 6. The van der Waals surface area contributed by atoms with E-state index in [2.05, 4.69) is 44.8 Å². The Morgan fingerprint density at radius 3 is 1.79 bits per heavy atom. The van der Waals surface area contributed by atoms with E-state index >= 15 is 0 Å². The minimum Gasteiger partial charge on any atom is -0.744 e. The molecule has 330 valence electrons. The van der Waals surface area contributed by atoms with Crippen LogP contribution in [0.25, 0.3) is 21.5 Å². The van der Waals surface area contributed by atoms with Crippen molar-refractivity contribution in [3.63, 3.8) is 0 Å². The third-order valence-corrected chi connectivity index (χ3v) is 12.0. The van der Waals surface area contributed by atoms with Crippen molar-refractivity contribution in [2.45, 2.75) is 19.6 Å². The van der Waals surface area contributed by atoms with Gasteiger partial charge in [0.05, 0.1) is 67.4 Å². The van der Waals surface area contributed by atoms with Crippen molar-refractivity contribution in [2.24, 2.45) is 30.7 Å². The smallest absolute Gasteiger partial charge is 0.744 e. The number of sulfonamides is 1. The average molecular weight is 1050 g/mol. The van der Waals surface area contributed by atoms with Crippen LogP contribution in [0.4, 0.5) is 39.8 Å². The molecule has 0 aliphatic heterocycles. The summed E-state index contributed by atoms with van der Waals surface area (Å²) in [4.78, 5) is -3.30. The van der Waals surface area contributed by atoms with Crippen molar-refractivity contribution < 1.29 is 195 Å². The Morgan fingerprint density at radius 2 is 1.19 bits per heavy atom. The molecule has 6 rings (SSSR count). The second-order valence-electron chi connectivity index (χ2n) is 12.5. The molecule has 6 aromatic carbocycles. The van der Waals surface area contributed by atoms with Gasteiger partial charge in [0, 0.05) is 6.07 Å². The quantitative estimate of drug-likeness (QED) is 0.0215. The fourth-order valence-electron chi connectivity index (χ4n) is 5.65. The van der Waals surface area contributed by atoms with Gasteiger partial charge >= 0.3 is 118 Å². The molecule has 0 aliphatic rings. The number of phenols is 2. The van der Waals surface area contributed by atoms with Gasteiger partial charge in [0.15, 0.2) is 11.5 Å². The normalized spacial score (nSPS) is 12.1. The second-order valence-corrected chi connectivity index (χ2v) is 19.1. The average Bonchev–Trinajstić information content (AvgIpc) is 3.19. The van der Waals surface area contributed by atoms with Gasteiger partial charge in [0.25, 0.3) is 0 Å². The Balaban J connectivity index is 0.00000385. The summed E-state index contributed by atoms with van der Waals surface area (Å²) in [5, 5.41) is 59.3. The molecule has 0 unspecified atom stereocenters. The van der Waals surface area contributed by atoms with Gasteiger partial charge in [-0.2, -0.15) is 14.6 Å². The Kier molecular flexibility index (Phi) is 22.5. The first-order valence-electron chi connectivity index (χ1n) is 16.6. The van der Waals surface area contributed by atoms with Gasteiger partial charge in [0.1, 0.15) is 58.9 Å². The van der Waals surface area contributed by atoms with E-state index in [1.807, 2.05) is 0 Å². The maximum Gasteiger partial charge on any atom is 1.00 e. The Labute approximate surface area is 473 Å². The molecule has 0 amide bonds. The zero-order valence-electron chi connectivity index (χ0n) is 35.3. The molecule has 0 saturated carbocycles. The van der Waals surface area contributed by atoms with E-state index in [0.29, 0.717) is 6.07 Å². The molecule has 0 fully saturated rings. The zero-order valence-corrected chi connectivity index (χ0v) is 47.4. The Morgan fingerprint density at radius 1 is 0.612 bits per heavy atom. The van der Waals surface area contributed by atoms with Crippen molar-refractivity contribution in [3.05, 3.63) is 84.9 Å². The number of ether oxygens (including phenoxy) is 1. The minimum absolute atomic E-state index is 0. The molecule has 24 nitrogen and oxygen atoms in total. The molecule has 0 bridgehead atoms. The van der Waals surface area contributed by atoms with E-state index in [4.69, 9.17) is 4.74 Å². The molecule has 0 aromatic heterocycles. The zero-order chi connectivity index (χ0) is 46.1. The van der Waals surface area contributed by atoms with Gasteiger partial charge in [-0.25, -0.2) is 33.7 Å². The monoisotopic (exact) mass is 1050 g/mol. The van der Waals surface area contributed by atoms with Gasteiger partial charge in [-0.3, -0.25) is 9.76 Å². The van der Waals surface area contributed by atoms with Gasteiger partial charge in [-0.05, 0) is 76.8 Å².